The van der Waals surface area contributed by atoms with E-state index in [0.29, 0.717) is 11.5 Å². The Balaban J connectivity index is 0.00000450. The molecule has 0 spiro atoms. The normalized spacial score (nSPS) is 14.7. The van der Waals surface area contributed by atoms with Gasteiger partial charge in [-0.15, -0.1) is 34.7 Å². The van der Waals surface area contributed by atoms with Gasteiger partial charge in [-0.25, -0.2) is 4.98 Å². The topological polar surface area (TPSA) is 39.4 Å². The molecule has 0 amide bonds. The summed E-state index contributed by atoms with van der Waals surface area (Å²) in [6.45, 7) is 15.6. The number of rotatable bonds is 7. The third-order valence-corrected chi connectivity index (χ3v) is 11.3. The van der Waals surface area contributed by atoms with Gasteiger partial charge >= 0.3 is 21.1 Å². The molecular formula is C48H45N3OPtS. The molecule has 2 aromatic heterocycles. The Bertz CT molecular complexity index is 2440. The average Bonchev–Trinajstić information content (AvgIpc) is 3.74. The third kappa shape index (κ3) is 7.59. The number of ether oxygens (including phenoxy) is 1. The van der Waals surface area contributed by atoms with Crippen molar-refractivity contribution in [1.82, 2.24) is 9.55 Å². The second-order valence-electron chi connectivity index (χ2n) is 16.2. The number of pyridine rings is 1. The number of aryl methyl sites for hydroxylation is 1. The maximum absolute atomic E-state index is 6.61. The van der Waals surface area contributed by atoms with E-state index in [1.54, 1.807) is 11.8 Å². The molecule has 6 heteroatoms. The van der Waals surface area contributed by atoms with Gasteiger partial charge in [-0.1, -0.05) is 139 Å². The van der Waals surface area contributed by atoms with Crippen molar-refractivity contribution >= 4 is 38.6 Å². The Hall–Kier alpha value is -4.44. The molecular weight excluding hydrogens is 862 g/mol. The monoisotopic (exact) mass is 906 g/mol. The Morgan fingerprint density at radius 2 is 1.39 bits per heavy atom. The van der Waals surface area contributed by atoms with Crippen LogP contribution in [-0.4, -0.2) is 26.4 Å². The zero-order valence-corrected chi connectivity index (χ0v) is 35.0. The van der Waals surface area contributed by atoms with E-state index >= 15 is 0 Å². The fourth-order valence-corrected chi connectivity index (χ4v) is 8.40. The number of hydrogen-bond donors (Lipinski definition) is 0. The summed E-state index contributed by atoms with van der Waals surface area (Å²) < 4.78 is 8.84. The van der Waals surface area contributed by atoms with Crippen LogP contribution in [0.25, 0.3) is 27.6 Å². The summed E-state index contributed by atoms with van der Waals surface area (Å²) in [5.41, 5.74) is 9.17. The fraction of sp³-hybridized carbons (Fsp3) is 0.250. The van der Waals surface area contributed by atoms with Crippen LogP contribution in [0.1, 0.15) is 80.8 Å². The van der Waals surface area contributed by atoms with Gasteiger partial charge in [0.2, 0.25) is 0 Å². The van der Waals surface area contributed by atoms with Gasteiger partial charge in [0.25, 0.3) is 0 Å². The molecule has 1 aliphatic heterocycles. The molecule has 0 bridgehead atoms. The van der Waals surface area contributed by atoms with Gasteiger partial charge in [-0.3, -0.25) is 0 Å². The van der Waals surface area contributed by atoms with E-state index in [2.05, 4.69) is 168 Å². The van der Waals surface area contributed by atoms with Gasteiger partial charge in [0.15, 0.2) is 0 Å². The van der Waals surface area contributed by atoms with Crippen LogP contribution < -0.4 is 4.74 Å². The van der Waals surface area contributed by atoms with Crippen molar-refractivity contribution in [2.45, 2.75) is 71.3 Å². The first-order chi connectivity index (χ1) is 25.4. The van der Waals surface area contributed by atoms with E-state index in [-0.39, 0.29) is 43.9 Å². The molecule has 274 valence electrons. The Kier molecular flexibility index (Phi) is 10.5. The summed E-state index contributed by atoms with van der Waals surface area (Å²) in [6.07, 6.45) is 1.91. The van der Waals surface area contributed by atoms with Crippen LogP contribution in [0.15, 0.2) is 126 Å². The van der Waals surface area contributed by atoms with Crippen molar-refractivity contribution in [3.8, 4) is 17.3 Å². The number of hydrogen-bond acceptors (Lipinski definition) is 4. The second kappa shape index (κ2) is 15.0. The van der Waals surface area contributed by atoms with Crippen molar-refractivity contribution in [3.63, 3.8) is 0 Å². The van der Waals surface area contributed by atoms with E-state index < -0.39 is 0 Å². The summed E-state index contributed by atoms with van der Waals surface area (Å²) in [6, 6.07) is 48.3. The number of aromatic nitrogens is 2. The van der Waals surface area contributed by atoms with E-state index in [1.807, 2.05) is 18.3 Å². The van der Waals surface area contributed by atoms with Gasteiger partial charge < -0.3 is 14.3 Å². The van der Waals surface area contributed by atoms with Gasteiger partial charge in [0.05, 0.1) is 6.04 Å². The molecule has 0 aliphatic carbocycles. The van der Waals surface area contributed by atoms with Crippen LogP contribution in [0.5, 0.6) is 11.5 Å². The molecule has 0 N–H and O–H groups in total. The average molecular weight is 907 g/mol. The molecule has 4 nitrogen and oxygen atoms in total. The standard InChI is InChI=1S/C48H45N3OS.Pt/c1-31-24-34(46-50-41(30-53-46)45(32-14-10-8-11-15-32)33-16-12-9-13-17-33)26-38(25-31)52-37-19-20-39-40-27-35(47(2,3)4)18-21-42(40)51(43(39)29-37)44-28-36(22-23-49-44)48(5,6)7;/h8-25,27-28,41,45H,30H2,1-7H3;/q-2;+2/t41-;/m0./s1. The molecule has 1 aliphatic rings. The number of nitrogens with zero attached hydrogens (tertiary/aromatic N) is 3. The summed E-state index contributed by atoms with van der Waals surface area (Å²) in [7, 11) is 0. The van der Waals surface area contributed by atoms with Gasteiger partial charge in [-0.05, 0) is 56.7 Å². The molecule has 0 saturated heterocycles. The molecule has 0 unspecified atom stereocenters. The van der Waals surface area contributed by atoms with E-state index in [9.17, 15) is 0 Å². The van der Waals surface area contributed by atoms with Crippen LogP contribution in [0, 0.1) is 19.1 Å². The smallest absolute Gasteiger partial charge is 0.503 e. The summed E-state index contributed by atoms with van der Waals surface area (Å²) in [5, 5.41) is 3.29. The first kappa shape index (κ1) is 37.9. The molecule has 0 saturated carbocycles. The van der Waals surface area contributed by atoms with Crippen molar-refractivity contribution < 1.29 is 25.8 Å². The predicted octanol–water partition coefficient (Wildman–Crippen LogP) is 12.2. The Morgan fingerprint density at radius 3 is 2.06 bits per heavy atom. The number of thioether (sulfide) groups is 1. The first-order valence-corrected chi connectivity index (χ1v) is 19.4. The fourth-order valence-electron chi connectivity index (χ4n) is 7.33. The maximum Gasteiger partial charge on any atom is 2.00 e. The molecule has 5 aromatic carbocycles. The van der Waals surface area contributed by atoms with Crippen molar-refractivity contribution in [2.24, 2.45) is 4.99 Å². The van der Waals surface area contributed by atoms with Crippen LogP contribution in [0.2, 0.25) is 0 Å². The Morgan fingerprint density at radius 1 is 0.722 bits per heavy atom. The number of fused-ring (bicyclic) bond motifs is 3. The molecule has 7 aromatic rings. The van der Waals surface area contributed by atoms with Crippen molar-refractivity contribution in [1.29, 1.82) is 0 Å². The zero-order chi connectivity index (χ0) is 36.9. The summed E-state index contributed by atoms with van der Waals surface area (Å²) in [5.74, 6) is 3.22. The molecule has 54 heavy (non-hydrogen) atoms. The SMILES string of the molecule is Cc1cc(Oc2[c-]c3c(cc2)c2cc(C(C)(C)C)ccc2n3-c2cc(C(C)(C)C)ccn2)[c-]c(C2=N[C@H](C(c3ccccc3)c3ccccc3)CS2)c1.[Pt+2]. The van der Waals surface area contributed by atoms with Crippen LogP contribution in [-0.2, 0) is 31.9 Å². The van der Waals surface area contributed by atoms with Gasteiger partial charge in [0.1, 0.15) is 5.82 Å². The zero-order valence-electron chi connectivity index (χ0n) is 31.9. The predicted molar refractivity (Wildman–Crippen MR) is 222 cm³/mol. The van der Waals surface area contributed by atoms with Crippen LogP contribution in [0.4, 0.5) is 0 Å². The quantitative estimate of drug-likeness (QED) is 0.150. The van der Waals surface area contributed by atoms with Crippen molar-refractivity contribution in [3.05, 3.63) is 167 Å². The van der Waals surface area contributed by atoms with E-state index in [4.69, 9.17) is 14.7 Å². The molecule has 0 fully saturated rings. The summed E-state index contributed by atoms with van der Waals surface area (Å²) in [4.78, 5) is 10.2. The largest absolute Gasteiger partial charge is 2.00 e. The summed E-state index contributed by atoms with van der Waals surface area (Å²) >= 11 is 1.80. The minimum absolute atomic E-state index is 0. The molecule has 1 atom stereocenters. The van der Waals surface area contributed by atoms with Crippen LogP contribution in [0.3, 0.4) is 0 Å². The van der Waals surface area contributed by atoms with Gasteiger partial charge in [-0.2, -0.15) is 17.8 Å². The van der Waals surface area contributed by atoms with Crippen LogP contribution >= 0.6 is 11.8 Å². The minimum Gasteiger partial charge on any atom is -0.503 e. The van der Waals surface area contributed by atoms with Gasteiger partial charge in [0, 0.05) is 39.9 Å². The maximum atomic E-state index is 6.61. The molecule has 0 radical (unpaired) electrons. The number of aliphatic imine (C=N–C) groups is 1. The first-order valence-electron chi connectivity index (χ1n) is 18.4. The third-order valence-electron chi connectivity index (χ3n) is 10.2. The van der Waals surface area contributed by atoms with E-state index in [1.165, 1.54) is 27.6 Å². The van der Waals surface area contributed by atoms with Crippen molar-refractivity contribution in [2.75, 3.05) is 5.75 Å². The molecule has 3 heterocycles. The minimum atomic E-state index is -0.0154. The molecule has 8 rings (SSSR count). The number of benzene rings is 5. The van der Waals surface area contributed by atoms with E-state index in [0.717, 1.165) is 44.2 Å². The second-order valence-corrected chi connectivity index (χ2v) is 17.2. The Labute approximate surface area is 338 Å².